The predicted octanol–water partition coefficient (Wildman–Crippen LogP) is 6.54. The number of amidine groups is 1. The summed E-state index contributed by atoms with van der Waals surface area (Å²) in [6, 6.07) is 12.8. The van der Waals surface area contributed by atoms with E-state index in [4.69, 9.17) is 14.3 Å². The third-order valence-electron chi connectivity index (χ3n) is 8.40. The van der Waals surface area contributed by atoms with Crippen LogP contribution in [-0.2, 0) is 32.7 Å². The summed E-state index contributed by atoms with van der Waals surface area (Å²) in [7, 11) is -2.37. The SMILES string of the molecule is CCCCC1=NC2(CCCCC2)C(=O)N1Cc1ccc(-c2ccccc2S(=O)(=O)Nc2noc(C)c2C)c(COC)c1. The number of sulfonamides is 1. The monoisotopic (exact) mass is 592 g/mol. The first-order valence-electron chi connectivity index (χ1n) is 14.8. The third-order valence-corrected chi connectivity index (χ3v) is 9.79. The molecule has 2 heterocycles. The molecule has 42 heavy (non-hydrogen) atoms. The lowest BCUT2D eigenvalue weighted by molar-refractivity contribution is -0.132. The van der Waals surface area contributed by atoms with E-state index in [9.17, 15) is 13.2 Å². The highest BCUT2D eigenvalue weighted by atomic mass is 32.2. The normalized spacial score (nSPS) is 16.7. The van der Waals surface area contributed by atoms with Gasteiger partial charge in [0.1, 0.15) is 17.1 Å². The molecule has 1 aromatic heterocycles. The Kier molecular flexibility index (Phi) is 8.84. The summed E-state index contributed by atoms with van der Waals surface area (Å²) in [4.78, 5) is 20.9. The summed E-state index contributed by atoms with van der Waals surface area (Å²) in [6.07, 6.45) is 7.66. The Morgan fingerprint density at radius 1 is 1.07 bits per heavy atom. The van der Waals surface area contributed by atoms with Crippen LogP contribution in [-0.4, -0.2) is 42.9 Å². The molecule has 3 aromatic rings. The number of anilines is 1. The van der Waals surface area contributed by atoms with Crippen molar-refractivity contribution < 1.29 is 22.5 Å². The van der Waals surface area contributed by atoms with Gasteiger partial charge in [0.05, 0.1) is 18.0 Å². The largest absolute Gasteiger partial charge is 0.380 e. The van der Waals surface area contributed by atoms with Crippen LogP contribution < -0.4 is 4.72 Å². The lowest BCUT2D eigenvalue weighted by Crippen LogP contribution is -2.43. The molecule has 0 bridgehead atoms. The van der Waals surface area contributed by atoms with E-state index in [0.717, 1.165) is 73.9 Å². The number of amides is 1. The molecular formula is C32H40N4O5S. The molecule has 2 aliphatic rings. The Labute approximate surface area is 248 Å². The number of rotatable bonds is 11. The lowest BCUT2D eigenvalue weighted by atomic mass is 9.82. The number of nitrogens with zero attached hydrogens (tertiary/aromatic N) is 3. The van der Waals surface area contributed by atoms with Crippen molar-refractivity contribution in [2.45, 2.75) is 95.7 Å². The van der Waals surface area contributed by atoms with Gasteiger partial charge in [0.2, 0.25) is 0 Å². The molecule has 5 rings (SSSR count). The van der Waals surface area contributed by atoms with E-state index in [-0.39, 0.29) is 23.2 Å². The van der Waals surface area contributed by atoms with Gasteiger partial charge in [-0.1, -0.05) is 74.2 Å². The van der Waals surface area contributed by atoms with Crippen molar-refractivity contribution >= 4 is 27.6 Å². The van der Waals surface area contributed by atoms with Gasteiger partial charge in [0.25, 0.3) is 15.9 Å². The summed E-state index contributed by atoms with van der Waals surface area (Å²) < 4.78 is 40.4. The Bertz CT molecular complexity index is 1590. The van der Waals surface area contributed by atoms with E-state index in [0.29, 0.717) is 23.4 Å². The number of methoxy groups -OCH3 is 1. The molecule has 0 saturated heterocycles. The van der Waals surface area contributed by atoms with E-state index in [1.807, 2.05) is 29.2 Å². The zero-order chi connectivity index (χ0) is 29.9. The molecule has 1 N–H and O–H groups in total. The second kappa shape index (κ2) is 12.4. The van der Waals surface area contributed by atoms with Crippen molar-refractivity contribution in [2.75, 3.05) is 11.8 Å². The molecule has 2 aromatic carbocycles. The number of carbonyl (C=O) groups is 1. The number of hydrogen-bond acceptors (Lipinski definition) is 7. The van der Waals surface area contributed by atoms with Crippen LogP contribution in [0, 0.1) is 13.8 Å². The first-order valence-corrected chi connectivity index (χ1v) is 16.2. The zero-order valence-electron chi connectivity index (χ0n) is 24.9. The minimum Gasteiger partial charge on any atom is -0.380 e. The number of aryl methyl sites for hydroxylation is 1. The van der Waals surface area contributed by atoms with Crippen molar-refractivity contribution in [1.82, 2.24) is 10.1 Å². The van der Waals surface area contributed by atoms with Crippen molar-refractivity contribution in [2.24, 2.45) is 4.99 Å². The van der Waals surface area contributed by atoms with Crippen LogP contribution in [0.15, 0.2) is 56.9 Å². The van der Waals surface area contributed by atoms with E-state index >= 15 is 0 Å². The fraction of sp³-hybridized carbons (Fsp3) is 0.469. The van der Waals surface area contributed by atoms with Gasteiger partial charge < -0.3 is 9.26 Å². The quantitative estimate of drug-likeness (QED) is 0.270. The molecule has 224 valence electrons. The molecule has 1 amide bonds. The van der Waals surface area contributed by atoms with Gasteiger partial charge in [-0.05, 0) is 55.9 Å². The standard InChI is InChI=1S/C32H40N4O5S/c1-5-6-14-29-33-32(17-10-7-11-18-32)31(37)36(29)20-24-15-16-26(25(19-24)21-40-4)27-12-8-9-13-28(27)42(38,39)35-30-22(2)23(3)41-34-30/h8-9,12-13,15-16,19H,5-7,10-11,14,17-18,20-21H2,1-4H3,(H,34,35). The topological polar surface area (TPSA) is 114 Å². The van der Waals surface area contributed by atoms with E-state index in [2.05, 4.69) is 16.8 Å². The van der Waals surface area contributed by atoms with Gasteiger partial charge in [-0.25, -0.2) is 8.42 Å². The van der Waals surface area contributed by atoms with Crippen molar-refractivity contribution in [3.63, 3.8) is 0 Å². The Morgan fingerprint density at radius 2 is 1.83 bits per heavy atom. The summed E-state index contributed by atoms with van der Waals surface area (Å²) in [5.41, 5.74) is 3.10. The molecule has 9 nitrogen and oxygen atoms in total. The number of benzene rings is 2. The number of hydrogen-bond donors (Lipinski definition) is 1. The minimum atomic E-state index is -3.98. The Balaban J connectivity index is 1.47. The molecule has 1 fully saturated rings. The molecule has 0 radical (unpaired) electrons. The molecular weight excluding hydrogens is 552 g/mol. The first-order chi connectivity index (χ1) is 20.2. The van der Waals surface area contributed by atoms with Gasteiger partial charge in [-0.15, -0.1) is 0 Å². The van der Waals surface area contributed by atoms with Crippen LogP contribution in [0.2, 0.25) is 0 Å². The highest BCUT2D eigenvalue weighted by molar-refractivity contribution is 7.92. The number of aromatic nitrogens is 1. The summed E-state index contributed by atoms with van der Waals surface area (Å²) in [6.45, 7) is 6.34. The zero-order valence-corrected chi connectivity index (χ0v) is 25.7. The highest BCUT2D eigenvalue weighted by Gasteiger charge is 2.48. The van der Waals surface area contributed by atoms with Crippen LogP contribution in [0.4, 0.5) is 5.82 Å². The summed E-state index contributed by atoms with van der Waals surface area (Å²) in [5.74, 6) is 1.72. The second-order valence-electron chi connectivity index (χ2n) is 11.4. The maximum absolute atomic E-state index is 13.8. The average molecular weight is 593 g/mol. The number of aliphatic imine (C=N–C) groups is 1. The van der Waals surface area contributed by atoms with Crippen LogP contribution in [0.25, 0.3) is 11.1 Å². The second-order valence-corrected chi connectivity index (χ2v) is 13.0. The van der Waals surface area contributed by atoms with Gasteiger partial charge in [-0.3, -0.25) is 19.4 Å². The molecule has 10 heteroatoms. The van der Waals surface area contributed by atoms with Gasteiger partial charge in [0, 0.05) is 24.7 Å². The minimum absolute atomic E-state index is 0.117. The summed E-state index contributed by atoms with van der Waals surface area (Å²) in [5, 5.41) is 3.87. The lowest BCUT2D eigenvalue weighted by Gasteiger charge is -2.29. The smallest absolute Gasteiger partial charge is 0.263 e. The van der Waals surface area contributed by atoms with Crippen LogP contribution >= 0.6 is 0 Å². The molecule has 0 atom stereocenters. The molecule has 1 aliphatic heterocycles. The average Bonchev–Trinajstić information content (AvgIpc) is 3.42. The number of nitrogens with one attached hydrogen (secondary N) is 1. The van der Waals surface area contributed by atoms with Crippen LogP contribution in [0.1, 0.15) is 80.7 Å². The van der Waals surface area contributed by atoms with Crippen LogP contribution in [0.5, 0.6) is 0 Å². The molecule has 1 aliphatic carbocycles. The molecule has 0 unspecified atom stereocenters. The van der Waals surface area contributed by atoms with Gasteiger partial charge in [0.15, 0.2) is 5.82 Å². The van der Waals surface area contributed by atoms with E-state index < -0.39 is 15.6 Å². The third kappa shape index (κ3) is 5.87. The summed E-state index contributed by atoms with van der Waals surface area (Å²) >= 11 is 0. The van der Waals surface area contributed by atoms with Crippen molar-refractivity contribution in [3.05, 3.63) is 64.9 Å². The Hall–Kier alpha value is -3.50. The highest BCUT2D eigenvalue weighted by Crippen LogP contribution is 2.39. The number of unbranched alkanes of at least 4 members (excludes halogenated alkanes) is 1. The van der Waals surface area contributed by atoms with Gasteiger partial charge in [-0.2, -0.15) is 0 Å². The predicted molar refractivity (Wildman–Crippen MR) is 163 cm³/mol. The Morgan fingerprint density at radius 3 is 2.52 bits per heavy atom. The maximum Gasteiger partial charge on any atom is 0.263 e. The molecule has 1 saturated carbocycles. The fourth-order valence-electron chi connectivity index (χ4n) is 5.96. The van der Waals surface area contributed by atoms with Crippen molar-refractivity contribution in [1.29, 1.82) is 0 Å². The number of ether oxygens (including phenoxy) is 1. The first kappa shape index (κ1) is 30.0. The fourth-order valence-corrected chi connectivity index (χ4v) is 7.24. The van der Waals surface area contributed by atoms with Crippen LogP contribution in [0.3, 0.4) is 0 Å². The van der Waals surface area contributed by atoms with E-state index in [1.165, 1.54) is 0 Å². The molecule has 1 spiro atoms. The van der Waals surface area contributed by atoms with Crippen molar-refractivity contribution in [3.8, 4) is 11.1 Å². The maximum atomic E-state index is 13.8. The van der Waals surface area contributed by atoms with E-state index in [1.54, 1.807) is 39.2 Å². The number of carbonyl (C=O) groups excluding carboxylic acids is 1. The van der Waals surface area contributed by atoms with Gasteiger partial charge >= 0.3 is 0 Å².